The van der Waals surface area contributed by atoms with Crippen molar-refractivity contribution in [3.05, 3.63) is 47.2 Å². The van der Waals surface area contributed by atoms with Crippen molar-refractivity contribution in [3.8, 4) is 11.6 Å². The summed E-state index contributed by atoms with van der Waals surface area (Å²) in [5.41, 5.74) is -0.0194. The molecule has 2 aromatic heterocycles. The predicted molar refractivity (Wildman–Crippen MR) is 121 cm³/mol. The Hall–Kier alpha value is -2.11. The number of oxazole rings is 1. The maximum absolute atomic E-state index is 13.9. The summed E-state index contributed by atoms with van der Waals surface area (Å²) >= 11 is 1.59. The molecular formula is C22H24ClF4N5OS. The maximum atomic E-state index is 13.9. The van der Waals surface area contributed by atoms with Gasteiger partial charge in [0.1, 0.15) is 5.82 Å². The molecule has 0 N–H and O–H groups in total. The van der Waals surface area contributed by atoms with Gasteiger partial charge in [-0.1, -0.05) is 11.8 Å². The lowest BCUT2D eigenvalue weighted by molar-refractivity contribution is -0.137. The highest BCUT2D eigenvalue weighted by molar-refractivity contribution is 7.99. The Morgan fingerprint density at radius 2 is 2.03 bits per heavy atom. The molecule has 0 radical (unpaired) electrons. The van der Waals surface area contributed by atoms with Crippen molar-refractivity contribution in [1.29, 1.82) is 0 Å². The molecule has 0 amide bonds. The minimum atomic E-state index is -4.54. The number of fused-ring (bicyclic) bond motifs is 1. The van der Waals surface area contributed by atoms with Gasteiger partial charge in [0.05, 0.1) is 11.3 Å². The molecule has 34 heavy (non-hydrogen) atoms. The molecule has 1 aromatic carbocycles. The molecule has 1 aliphatic heterocycles. The SMILES string of the molecule is Cc1ncoc1-c1nnc(SCCCN2C[C@H]3C[C@@]3(c3cc(F)cc(C(F)(F)F)c3)C2)n1C.Cl. The molecule has 0 bridgehead atoms. The van der Waals surface area contributed by atoms with Crippen LogP contribution in [0.4, 0.5) is 17.6 Å². The minimum absolute atomic E-state index is 0. The van der Waals surface area contributed by atoms with Gasteiger partial charge < -0.3 is 13.9 Å². The van der Waals surface area contributed by atoms with Crippen LogP contribution in [0.2, 0.25) is 0 Å². The number of piperidine rings is 1. The standard InChI is InChI=1S/C22H23F4N5OS.ClH/c1-13-18(32-12-27-13)19-28-29-20(30(19)2)33-5-3-4-31-10-16-9-21(16,11-31)14-6-15(22(24,25)26)8-17(23)7-14;/h6-8,12,16H,3-5,9-11H2,1-2H3;1H/t16-,21+;/m1./s1. The van der Waals surface area contributed by atoms with Crippen molar-refractivity contribution in [2.45, 2.75) is 36.5 Å². The number of alkyl halides is 3. The third-order valence-electron chi connectivity index (χ3n) is 6.65. The second kappa shape index (κ2) is 9.16. The van der Waals surface area contributed by atoms with Crippen LogP contribution in [0.3, 0.4) is 0 Å². The van der Waals surface area contributed by atoms with Crippen LogP contribution < -0.4 is 0 Å². The molecule has 3 aromatic rings. The van der Waals surface area contributed by atoms with Crippen LogP contribution in [-0.4, -0.2) is 50.0 Å². The first-order valence-electron chi connectivity index (χ1n) is 10.7. The number of likely N-dealkylation sites (tertiary alicyclic amines) is 1. The van der Waals surface area contributed by atoms with E-state index in [0.717, 1.165) is 48.6 Å². The van der Waals surface area contributed by atoms with Crippen molar-refractivity contribution in [3.63, 3.8) is 0 Å². The van der Waals surface area contributed by atoms with Crippen molar-refractivity contribution in [1.82, 2.24) is 24.6 Å². The van der Waals surface area contributed by atoms with Gasteiger partial charge in [-0.05, 0) is 56.0 Å². The third-order valence-corrected chi connectivity index (χ3v) is 7.76. The number of hydrogen-bond donors (Lipinski definition) is 0. The molecule has 1 aliphatic carbocycles. The Morgan fingerprint density at radius 1 is 1.24 bits per heavy atom. The lowest BCUT2D eigenvalue weighted by Crippen LogP contribution is -2.28. The zero-order valence-electron chi connectivity index (χ0n) is 18.6. The molecule has 0 spiro atoms. The van der Waals surface area contributed by atoms with Crippen LogP contribution in [0.15, 0.2) is 34.2 Å². The number of rotatable bonds is 7. The number of halogens is 5. The number of nitrogens with zero attached hydrogens (tertiary/aromatic N) is 5. The van der Waals surface area contributed by atoms with Gasteiger partial charge in [-0.2, -0.15) is 13.2 Å². The molecule has 2 fully saturated rings. The largest absolute Gasteiger partial charge is 0.440 e. The monoisotopic (exact) mass is 517 g/mol. The summed E-state index contributed by atoms with van der Waals surface area (Å²) in [6.45, 7) is 4.18. The second-order valence-corrected chi connectivity index (χ2v) is 9.91. The molecule has 12 heteroatoms. The van der Waals surface area contributed by atoms with Crippen molar-refractivity contribution < 1.29 is 22.0 Å². The van der Waals surface area contributed by atoms with Crippen LogP contribution in [0.25, 0.3) is 11.6 Å². The van der Waals surface area contributed by atoms with E-state index in [2.05, 4.69) is 20.1 Å². The molecule has 2 aliphatic rings. The molecule has 2 atom stereocenters. The van der Waals surface area contributed by atoms with Crippen molar-refractivity contribution in [2.75, 3.05) is 25.4 Å². The van der Waals surface area contributed by atoms with Crippen LogP contribution in [-0.2, 0) is 18.6 Å². The van der Waals surface area contributed by atoms with Gasteiger partial charge in [-0.25, -0.2) is 9.37 Å². The second-order valence-electron chi connectivity index (χ2n) is 8.85. The van der Waals surface area contributed by atoms with E-state index in [-0.39, 0.29) is 17.8 Å². The number of benzene rings is 1. The van der Waals surface area contributed by atoms with E-state index < -0.39 is 17.6 Å². The highest BCUT2D eigenvalue weighted by Crippen LogP contribution is 2.59. The van der Waals surface area contributed by atoms with Crippen LogP contribution in [0.5, 0.6) is 0 Å². The van der Waals surface area contributed by atoms with Crippen LogP contribution >= 0.6 is 24.2 Å². The zero-order chi connectivity index (χ0) is 23.4. The van der Waals surface area contributed by atoms with E-state index in [0.29, 0.717) is 35.7 Å². The molecule has 1 saturated carbocycles. The Kier molecular flexibility index (Phi) is 6.73. The van der Waals surface area contributed by atoms with Gasteiger partial charge >= 0.3 is 6.18 Å². The molecule has 184 valence electrons. The average Bonchev–Trinajstić information content (AvgIpc) is 3.05. The summed E-state index contributed by atoms with van der Waals surface area (Å²) in [6.07, 6.45) is -1.44. The summed E-state index contributed by atoms with van der Waals surface area (Å²) in [5.74, 6) is 1.53. The molecule has 3 heterocycles. The summed E-state index contributed by atoms with van der Waals surface area (Å²) in [6, 6.07) is 2.98. The number of aryl methyl sites for hydroxylation is 1. The summed E-state index contributed by atoms with van der Waals surface area (Å²) in [5, 5.41) is 9.22. The first kappa shape index (κ1) is 25.0. The molecule has 5 rings (SSSR count). The quantitative estimate of drug-likeness (QED) is 0.246. The molecule has 1 saturated heterocycles. The van der Waals surface area contributed by atoms with Gasteiger partial charge in [0.2, 0.25) is 5.82 Å². The highest BCUT2D eigenvalue weighted by atomic mass is 35.5. The topological polar surface area (TPSA) is 60.0 Å². The summed E-state index contributed by atoms with van der Waals surface area (Å²) in [4.78, 5) is 6.36. The number of aromatic nitrogens is 4. The Balaban J connectivity index is 0.00000274. The maximum Gasteiger partial charge on any atom is 0.416 e. The van der Waals surface area contributed by atoms with E-state index in [1.54, 1.807) is 11.8 Å². The molecular weight excluding hydrogens is 494 g/mol. The number of thioether (sulfide) groups is 1. The molecule has 0 unspecified atom stereocenters. The van der Waals surface area contributed by atoms with Crippen LogP contribution in [0, 0.1) is 18.7 Å². The Morgan fingerprint density at radius 3 is 2.74 bits per heavy atom. The van der Waals surface area contributed by atoms with E-state index in [1.807, 2.05) is 18.5 Å². The summed E-state index contributed by atoms with van der Waals surface area (Å²) in [7, 11) is 1.88. The molecule has 6 nitrogen and oxygen atoms in total. The van der Waals surface area contributed by atoms with E-state index >= 15 is 0 Å². The predicted octanol–water partition coefficient (Wildman–Crippen LogP) is 5.11. The van der Waals surface area contributed by atoms with Crippen LogP contribution in [0.1, 0.15) is 29.7 Å². The fraction of sp³-hybridized carbons (Fsp3) is 0.500. The van der Waals surface area contributed by atoms with E-state index in [1.165, 1.54) is 12.5 Å². The number of hydrogen-bond acceptors (Lipinski definition) is 6. The highest BCUT2D eigenvalue weighted by Gasteiger charge is 2.60. The first-order chi connectivity index (χ1) is 15.7. The lowest BCUT2D eigenvalue weighted by atomic mass is 9.93. The smallest absolute Gasteiger partial charge is 0.416 e. The zero-order valence-corrected chi connectivity index (χ0v) is 20.2. The van der Waals surface area contributed by atoms with Gasteiger partial charge in [-0.3, -0.25) is 0 Å². The van der Waals surface area contributed by atoms with Crippen molar-refractivity contribution >= 4 is 24.2 Å². The average molecular weight is 518 g/mol. The third kappa shape index (κ3) is 4.57. The minimum Gasteiger partial charge on any atom is -0.440 e. The Labute approximate surface area is 204 Å². The van der Waals surface area contributed by atoms with Gasteiger partial charge in [0, 0.05) is 31.3 Å². The summed E-state index contributed by atoms with van der Waals surface area (Å²) < 4.78 is 60.6. The van der Waals surface area contributed by atoms with Crippen molar-refractivity contribution in [2.24, 2.45) is 13.0 Å². The van der Waals surface area contributed by atoms with Gasteiger partial charge in [0.15, 0.2) is 17.3 Å². The fourth-order valence-electron chi connectivity index (χ4n) is 4.85. The lowest BCUT2D eigenvalue weighted by Gasteiger charge is -2.21. The fourth-order valence-corrected chi connectivity index (χ4v) is 5.69. The van der Waals surface area contributed by atoms with E-state index in [9.17, 15) is 17.6 Å². The first-order valence-corrected chi connectivity index (χ1v) is 11.7. The van der Waals surface area contributed by atoms with Gasteiger partial charge in [0.25, 0.3) is 0 Å². The van der Waals surface area contributed by atoms with Gasteiger partial charge in [-0.15, -0.1) is 22.6 Å². The van der Waals surface area contributed by atoms with E-state index in [4.69, 9.17) is 4.42 Å². The normalized spacial score (nSPS) is 22.0. The Bertz CT molecular complexity index is 1180.